The minimum atomic E-state index is -3.17. The first-order valence-corrected chi connectivity index (χ1v) is 9.89. The highest BCUT2D eigenvalue weighted by atomic mass is 19.3. The Hall–Kier alpha value is -0.470. The maximum absolute atomic E-state index is 15.8. The van der Waals surface area contributed by atoms with E-state index >= 15 is 13.2 Å². The molecule has 0 amide bonds. The third-order valence-electron chi connectivity index (χ3n) is 9.06. The fourth-order valence-electron chi connectivity index (χ4n) is 7.67. The van der Waals surface area contributed by atoms with E-state index in [4.69, 9.17) is 0 Å². The van der Waals surface area contributed by atoms with E-state index in [1.54, 1.807) is 0 Å². The van der Waals surface area contributed by atoms with Crippen molar-refractivity contribution < 1.29 is 13.2 Å². The fraction of sp³-hybridized carbons (Fsp3) is 0.905. The number of alkyl halides is 3. The Morgan fingerprint density at radius 1 is 0.917 bits per heavy atom. The van der Waals surface area contributed by atoms with Gasteiger partial charge in [-0.3, -0.25) is 0 Å². The molecule has 0 aliphatic heterocycles. The largest absolute Gasteiger partial charge is 0.282 e. The molecular weight excluding hydrogens is 309 g/mol. The number of fused-ring (bicyclic) bond motifs is 5. The lowest BCUT2D eigenvalue weighted by Crippen LogP contribution is -2.67. The Morgan fingerprint density at radius 2 is 1.62 bits per heavy atom. The summed E-state index contributed by atoms with van der Waals surface area (Å²) in [6.45, 7) is 8.14. The first kappa shape index (κ1) is 17.0. The molecule has 0 heterocycles. The van der Waals surface area contributed by atoms with Gasteiger partial charge in [0.1, 0.15) is 0 Å². The molecule has 0 nitrogen and oxygen atoms in total. The van der Waals surface area contributed by atoms with Gasteiger partial charge >= 0.3 is 0 Å². The Labute approximate surface area is 144 Å². The normalized spacial score (nSPS) is 56.0. The van der Waals surface area contributed by atoms with Crippen molar-refractivity contribution in [1.82, 2.24) is 0 Å². The van der Waals surface area contributed by atoms with E-state index < -0.39 is 17.0 Å². The van der Waals surface area contributed by atoms with Crippen LogP contribution in [0.4, 0.5) is 13.2 Å². The second-order valence-corrected chi connectivity index (χ2v) is 9.68. The molecule has 4 aliphatic carbocycles. The standard InChI is InChI=1S/C21H31F3/c1-4-14-7-8-16-15-13-21(23,24)20(22)11-6-5-10-19(20,3)17(15)9-12-18(14,16)2/h4,14-17H,1,5-13H2,2-3H3/t14-,15-,16-,17-,18+,19+,20?/m0/s1. The van der Waals surface area contributed by atoms with Gasteiger partial charge < -0.3 is 0 Å². The van der Waals surface area contributed by atoms with E-state index in [1.165, 1.54) is 0 Å². The molecule has 0 spiro atoms. The number of hydrogen-bond donors (Lipinski definition) is 0. The predicted molar refractivity (Wildman–Crippen MR) is 90.7 cm³/mol. The minimum Gasteiger partial charge on any atom is -0.237 e. The van der Waals surface area contributed by atoms with Crippen LogP contribution in [0.15, 0.2) is 12.7 Å². The molecule has 0 N–H and O–H groups in total. The van der Waals surface area contributed by atoms with Crippen LogP contribution in [0, 0.1) is 34.5 Å². The van der Waals surface area contributed by atoms with Crippen LogP contribution in [-0.2, 0) is 0 Å². The van der Waals surface area contributed by atoms with Gasteiger partial charge in [0.15, 0.2) is 5.67 Å². The van der Waals surface area contributed by atoms with Crippen molar-refractivity contribution in [2.45, 2.75) is 83.2 Å². The Kier molecular flexibility index (Phi) is 3.56. The van der Waals surface area contributed by atoms with Crippen molar-refractivity contribution in [3.05, 3.63) is 12.7 Å². The van der Waals surface area contributed by atoms with Gasteiger partial charge in [-0.15, -0.1) is 6.58 Å². The van der Waals surface area contributed by atoms with E-state index in [-0.39, 0.29) is 30.1 Å². The van der Waals surface area contributed by atoms with Gasteiger partial charge in [0, 0.05) is 11.8 Å². The van der Waals surface area contributed by atoms with Crippen LogP contribution in [0.2, 0.25) is 0 Å². The molecule has 4 aliphatic rings. The van der Waals surface area contributed by atoms with Crippen LogP contribution in [-0.4, -0.2) is 11.6 Å². The van der Waals surface area contributed by atoms with Gasteiger partial charge in [0.25, 0.3) is 5.92 Å². The van der Waals surface area contributed by atoms with Gasteiger partial charge in [-0.2, -0.15) is 0 Å². The highest BCUT2D eigenvalue weighted by Gasteiger charge is 2.74. The van der Waals surface area contributed by atoms with Crippen molar-refractivity contribution in [3.63, 3.8) is 0 Å². The van der Waals surface area contributed by atoms with E-state index in [9.17, 15) is 0 Å². The summed E-state index contributed by atoms with van der Waals surface area (Å²) < 4.78 is 46.0. The molecular formula is C21H31F3. The summed E-state index contributed by atoms with van der Waals surface area (Å²) in [4.78, 5) is 0. The molecule has 4 rings (SSSR count). The minimum absolute atomic E-state index is 0.0179. The summed E-state index contributed by atoms with van der Waals surface area (Å²) in [5, 5.41) is 0. The van der Waals surface area contributed by atoms with Crippen molar-refractivity contribution in [2.75, 3.05) is 0 Å². The molecule has 7 atom stereocenters. The lowest BCUT2D eigenvalue weighted by molar-refractivity contribution is -0.284. The maximum atomic E-state index is 15.8. The smallest absolute Gasteiger partial charge is 0.237 e. The molecule has 1 unspecified atom stereocenters. The summed E-state index contributed by atoms with van der Waals surface area (Å²) in [5.41, 5.74) is -3.03. The lowest BCUT2D eigenvalue weighted by atomic mass is 9.43. The number of hydrogen-bond acceptors (Lipinski definition) is 0. The molecule has 136 valence electrons. The summed E-state index contributed by atoms with van der Waals surface area (Å²) >= 11 is 0. The molecule has 4 saturated carbocycles. The molecule has 0 bridgehead atoms. The third kappa shape index (κ3) is 1.82. The summed E-state index contributed by atoms with van der Waals surface area (Å²) in [6.07, 6.45) is 8.06. The Morgan fingerprint density at radius 3 is 2.33 bits per heavy atom. The van der Waals surface area contributed by atoms with Crippen LogP contribution in [0.3, 0.4) is 0 Å². The first-order valence-electron chi connectivity index (χ1n) is 9.89. The average Bonchev–Trinajstić information content (AvgIpc) is 2.86. The summed E-state index contributed by atoms with van der Waals surface area (Å²) in [5.74, 6) is -2.31. The monoisotopic (exact) mass is 340 g/mol. The van der Waals surface area contributed by atoms with Crippen LogP contribution in [0.5, 0.6) is 0 Å². The predicted octanol–water partition coefficient (Wildman–Crippen LogP) is 6.56. The van der Waals surface area contributed by atoms with Gasteiger partial charge in [0.05, 0.1) is 0 Å². The zero-order chi connectivity index (χ0) is 17.4. The zero-order valence-electron chi connectivity index (χ0n) is 15.1. The Bertz CT molecular complexity index is 543. The van der Waals surface area contributed by atoms with E-state index in [0.717, 1.165) is 32.1 Å². The van der Waals surface area contributed by atoms with Crippen LogP contribution in [0.25, 0.3) is 0 Å². The summed E-state index contributed by atoms with van der Waals surface area (Å²) in [7, 11) is 0. The fourth-order valence-corrected chi connectivity index (χ4v) is 7.67. The van der Waals surface area contributed by atoms with Crippen molar-refractivity contribution in [1.29, 1.82) is 0 Å². The molecule has 0 radical (unpaired) electrons. The number of rotatable bonds is 1. The number of halogens is 3. The number of allylic oxidation sites excluding steroid dienone is 1. The molecule has 0 aromatic carbocycles. The van der Waals surface area contributed by atoms with E-state index in [2.05, 4.69) is 13.5 Å². The molecule has 3 heteroatoms. The van der Waals surface area contributed by atoms with E-state index in [1.807, 2.05) is 13.0 Å². The molecule has 0 aromatic rings. The van der Waals surface area contributed by atoms with Gasteiger partial charge in [-0.25, -0.2) is 13.2 Å². The SMILES string of the molecule is C=C[C@H]1CC[C@H]2[C@@H]3CC(F)(F)C4(F)CCCC[C@]4(C)[C@H]3CC[C@]12C. The summed E-state index contributed by atoms with van der Waals surface area (Å²) in [6, 6.07) is 0. The van der Waals surface area contributed by atoms with Gasteiger partial charge in [-0.05, 0) is 74.0 Å². The molecule has 0 saturated heterocycles. The van der Waals surface area contributed by atoms with Gasteiger partial charge in [-0.1, -0.05) is 26.3 Å². The topological polar surface area (TPSA) is 0 Å². The lowest BCUT2D eigenvalue weighted by Gasteiger charge is -2.64. The van der Waals surface area contributed by atoms with Crippen LogP contribution >= 0.6 is 0 Å². The van der Waals surface area contributed by atoms with E-state index in [0.29, 0.717) is 24.7 Å². The van der Waals surface area contributed by atoms with Crippen LogP contribution < -0.4 is 0 Å². The Balaban J connectivity index is 1.76. The first-order chi connectivity index (χ1) is 11.2. The van der Waals surface area contributed by atoms with Crippen LogP contribution in [0.1, 0.15) is 71.6 Å². The molecule has 4 fully saturated rings. The third-order valence-corrected chi connectivity index (χ3v) is 9.06. The highest BCUT2D eigenvalue weighted by Crippen LogP contribution is 2.72. The molecule has 0 aromatic heterocycles. The van der Waals surface area contributed by atoms with Crippen molar-refractivity contribution in [3.8, 4) is 0 Å². The second kappa shape index (κ2) is 5.04. The average molecular weight is 340 g/mol. The quantitative estimate of drug-likeness (QED) is 0.474. The molecule has 24 heavy (non-hydrogen) atoms. The van der Waals surface area contributed by atoms with Crippen molar-refractivity contribution >= 4 is 0 Å². The highest BCUT2D eigenvalue weighted by molar-refractivity contribution is 5.19. The zero-order valence-corrected chi connectivity index (χ0v) is 15.1. The maximum Gasteiger partial charge on any atom is 0.282 e. The second-order valence-electron chi connectivity index (χ2n) is 9.68. The van der Waals surface area contributed by atoms with Crippen molar-refractivity contribution in [2.24, 2.45) is 34.5 Å². The van der Waals surface area contributed by atoms with Gasteiger partial charge in [0.2, 0.25) is 0 Å².